The van der Waals surface area contributed by atoms with Crippen molar-refractivity contribution in [2.45, 2.75) is 44.6 Å². The van der Waals surface area contributed by atoms with E-state index in [1.54, 1.807) is 0 Å². The number of carbonyl (C=O) groups excluding carboxylic acids is 1. The van der Waals surface area contributed by atoms with E-state index in [0.717, 1.165) is 38.7 Å². The Hall–Kier alpha value is -3.19. The SMILES string of the molecule is CCn1c(SC(C)C(=O)NCC(C)C)nnc1-c1cc(-c2ccccc2)nc2ccccc12. The number of benzene rings is 2. The van der Waals surface area contributed by atoms with E-state index in [0.29, 0.717) is 19.0 Å². The summed E-state index contributed by atoms with van der Waals surface area (Å²) in [5.41, 5.74) is 3.84. The second-order valence-corrected chi connectivity index (χ2v) is 9.70. The van der Waals surface area contributed by atoms with Gasteiger partial charge in [-0.1, -0.05) is 74.1 Å². The lowest BCUT2D eigenvalue weighted by Crippen LogP contribution is -2.33. The van der Waals surface area contributed by atoms with Crippen molar-refractivity contribution in [1.29, 1.82) is 0 Å². The van der Waals surface area contributed by atoms with Crippen molar-refractivity contribution >= 4 is 28.6 Å². The van der Waals surface area contributed by atoms with E-state index in [9.17, 15) is 4.79 Å². The van der Waals surface area contributed by atoms with Gasteiger partial charge in [-0.25, -0.2) is 4.98 Å². The van der Waals surface area contributed by atoms with Gasteiger partial charge in [-0.05, 0) is 31.9 Å². The number of hydrogen-bond donors (Lipinski definition) is 1. The second-order valence-electron chi connectivity index (χ2n) is 8.39. The van der Waals surface area contributed by atoms with Crippen molar-refractivity contribution in [3.05, 3.63) is 60.7 Å². The molecule has 1 atom stereocenters. The molecule has 1 N–H and O–H groups in total. The fraction of sp³-hybridized carbons (Fsp3) is 0.308. The third kappa shape index (κ3) is 5.09. The number of nitrogens with one attached hydrogen (secondary N) is 1. The summed E-state index contributed by atoms with van der Waals surface area (Å²) in [5.74, 6) is 1.21. The number of amides is 1. The van der Waals surface area contributed by atoms with E-state index in [2.05, 4.69) is 65.1 Å². The predicted octanol–water partition coefficient (Wildman–Crippen LogP) is 5.43. The number of carbonyl (C=O) groups is 1. The lowest BCUT2D eigenvalue weighted by molar-refractivity contribution is -0.120. The Morgan fingerprint density at radius 3 is 2.48 bits per heavy atom. The zero-order valence-electron chi connectivity index (χ0n) is 19.4. The number of fused-ring (bicyclic) bond motifs is 1. The van der Waals surface area contributed by atoms with E-state index >= 15 is 0 Å². The number of aromatic nitrogens is 4. The first-order valence-electron chi connectivity index (χ1n) is 11.3. The molecule has 0 aliphatic heterocycles. The van der Waals surface area contributed by atoms with E-state index in [-0.39, 0.29) is 11.2 Å². The second kappa shape index (κ2) is 10.2. The quantitative estimate of drug-likeness (QED) is 0.356. The normalized spacial score (nSPS) is 12.3. The number of rotatable bonds is 8. The fourth-order valence-corrected chi connectivity index (χ4v) is 4.57. The van der Waals surface area contributed by atoms with Crippen molar-refractivity contribution in [1.82, 2.24) is 25.1 Å². The average molecular weight is 460 g/mol. The molecule has 0 saturated carbocycles. The monoisotopic (exact) mass is 459 g/mol. The maximum atomic E-state index is 12.5. The molecule has 0 aliphatic carbocycles. The molecule has 0 spiro atoms. The molecule has 170 valence electrons. The summed E-state index contributed by atoms with van der Waals surface area (Å²) in [4.78, 5) is 17.4. The first-order valence-corrected chi connectivity index (χ1v) is 12.2. The highest BCUT2D eigenvalue weighted by Gasteiger charge is 2.22. The number of hydrogen-bond acceptors (Lipinski definition) is 5. The molecule has 0 saturated heterocycles. The fourth-order valence-electron chi connectivity index (χ4n) is 3.64. The third-order valence-electron chi connectivity index (χ3n) is 5.40. The molecule has 33 heavy (non-hydrogen) atoms. The molecular formula is C26H29N5OS. The maximum absolute atomic E-state index is 12.5. The molecule has 0 fully saturated rings. The minimum absolute atomic E-state index is 0.0154. The molecule has 2 aromatic heterocycles. The van der Waals surface area contributed by atoms with Crippen LogP contribution in [0.15, 0.2) is 65.8 Å². The van der Waals surface area contributed by atoms with Gasteiger partial charge in [0.1, 0.15) is 0 Å². The van der Waals surface area contributed by atoms with E-state index < -0.39 is 0 Å². The van der Waals surface area contributed by atoms with Gasteiger partial charge in [-0.2, -0.15) is 0 Å². The average Bonchev–Trinajstić information content (AvgIpc) is 3.24. The number of pyridine rings is 1. The van der Waals surface area contributed by atoms with Crippen LogP contribution < -0.4 is 5.32 Å². The highest BCUT2D eigenvalue weighted by atomic mass is 32.2. The molecule has 1 unspecified atom stereocenters. The van der Waals surface area contributed by atoms with E-state index in [1.165, 1.54) is 11.8 Å². The van der Waals surface area contributed by atoms with E-state index in [1.807, 2.05) is 43.3 Å². The zero-order chi connectivity index (χ0) is 23.4. The lowest BCUT2D eigenvalue weighted by Gasteiger charge is -2.14. The van der Waals surface area contributed by atoms with Crippen LogP contribution in [0.3, 0.4) is 0 Å². The van der Waals surface area contributed by atoms with Crippen LogP contribution in [-0.2, 0) is 11.3 Å². The minimum Gasteiger partial charge on any atom is -0.355 e. The summed E-state index contributed by atoms with van der Waals surface area (Å²) in [7, 11) is 0. The van der Waals surface area contributed by atoms with Crippen LogP contribution in [0.1, 0.15) is 27.7 Å². The Kier molecular flexibility index (Phi) is 7.08. The first kappa shape index (κ1) is 23.0. The van der Waals surface area contributed by atoms with Crippen LogP contribution in [0.5, 0.6) is 0 Å². The van der Waals surface area contributed by atoms with Gasteiger partial charge in [0.15, 0.2) is 11.0 Å². The van der Waals surface area contributed by atoms with Gasteiger partial charge in [0.05, 0.1) is 16.5 Å². The van der Waals surface area contributed by atoms with Crippen LogP contribution in [0.4, 0.5) is 0 Å². The Labute approximate surface area is 198 Å². The molecule has 1 amide bonds. The topological polar surface area (TPSA) is 72.7 Å². The maximum Gasteiger partial charge on any atom is 0.233 e. The van der Waals surface area contributed by atoms with Crippen molar-refractivity contribution in [3.8, 4) is 22.6 Å². The van der Waals surface area contributed by atoms with Crippen LogP contribution in [0.25, 0.3) is 33.5 Å². The molecule has 2 heterocycles. The summed E-state index contributed by atoms with van der Waals surface area (Å²) >= 11 is 1.44. The standard InChI is InChI=1S/C26H29N5OS/c1-5-31-24(29-30-26(31)33-18(4)25(32)27-16-17(2)3)21-15-23(19-11-7-6-8-12-19)28-22-14-10-9-13-20(21)22/h6-15,17-18H,5,16H2,1-4H3,(H,27,32). The summed E-state index contributed by atoms with van der Waals surface area (Å²) in [6.07, 6.45) is 0. The van der Waals surface area contributed by atoms with Gasteiger partial charge in [0.2, 0.25) is 5.91 Å². The summed E-state index contributed by atoms with van der Waals surface area (Å²) in [6.45, 7) is 9.51. The first-order chi connectivity index (χ1) is 16.0. The summed E-state index contributed by atoms with van der Waals surface area (Å²) < 4.78 is 2.08. The molecule has 7 heteroatoms. The molecule has 4 rings (SSSR count). The molecule has 0 bridgehead atoms. The predicted molar refractivity (Wildman–Crippen MR) is 135 cm³/mol. The van der Waals surface area contributed by atoms with E-state index in [4.69, 9.17) is 4.98 Å². The Morgan fingerprint density at radius 1 is 1.03 bits per heavy atom. The van der Waals surface area contributed by atoms with Crippen molar-refractivity contribution in [2.24, 2.45) is 5.92 Å². The van der Waals surface area contributed by atoms with Crippen LogP contribution in [-0.4, -0.2) is 37.5 Å². The lowest BCUT2D eigenvalue weighted by atomic mass is 10.0. The Morgan fingerprint density at radius 2 is 1.76 bits per heavy atom. The van der Waals surface area contributed by atoms with Crippen molar-refractivity contribution < 1.29 is 4.79 Å². The molecule has 0 aliphatic rings. The molecule has 2 aromatic carbocycles. The van der Waals surface area contributed by atoms with Crippen LogP contribution in [0, 0.1) is 5.92 Å². The van der Waals surface area contributed by atoms with Gasteiger partial charge >= 0.3 is 0 Å². The van der Waals surface area contributed by atoms with Gasteiger partial charge in [-0.15, -0.1) is 10.2 Å². The van der Waals surface area contributed by atoms with Gasteiger partial charge < -0.3 is 9.88 Å². The summed E-state index contributed by atoms with van der Waals surface area (Å²) in [5, 5.41) is 13.5. The minimum atomic E-state index is -0.264. The molecule has 0 radical (unpaired) electrons. The smallest absolute Gasteiger partial charge is 0.233 e. The third-order valence-corrected chi connectivity index (χ3v) is 6.48. The van der Waals surface area contributed by atoms with Crippen molar-refractivity contribution in [2.75, 3.05) is 6.54 Å². The molecule has 4 aromatic rings. The van der Waals surface area contributed by atoms with Crippen LogP contribution >= 0.6 is 11.8 Å². The van der Waals surface area contributed by atoms with Gasteiger partial charge in [0, 0.05) is 29.6 Å². The highest BCUT2D eigenvalue weighted by Crippen LogP contribution is 2.33. The summed E-state index contributed by atoms with van der Waals surface area (Å²) in [6, 6.07) is 20.3. The largest absolute Gasteiger partial charge is 0.355 e. The van der Waals surface area contributed by atoms with Gasteiger partial charge in [0.25, 0.3) is 0 Å². The number of nitrogens with zero attached hydrogens (tertiary/aromatic N) is 4. The van der Waals surface area contributed by atoms with Crippen LogP contribution in [0.2, 0.25) is 0 Å². The zero-order valence-corrected chi connectivity index (χ0v) is 20.3. The number of para-hydroxylation sites is 1. The molecular weight excluding hydrogens is 430 g/mol. The highest BCUT2D eigenvalue weighted by molar-refractivity contribution is 8.00. The van der Waals surface area contributed by atoms with Crippen molar-refractivity contribution in [3.63, 3.8) is 0 Å². The van der Waals surface area contributed by atoms with Gasteiger partial charge in [-0.3, -0.25) is 4.79 Å². The molecule has 6 nitrogen and oxygen atoms in total. The Balaban J connectivity index is 1.73. The Bertz CT molecular complexity index is 1250. The number of thioether (sulfide) groups is 1.